The van der Waals surface area contributed by atoms with E-state index < -0.39 is 34.5 Å². The standard InChI is InChI=1S/C26H19ClF3N3O5/c1-37-18-9-10-20(38-2)19(13-18)33-24(35)21(27)22(25(33)36)31-16-7-3-5-14(11-16)23(34)32-17-8-4-6-15(12-17)26(28,29)30/h3-13,31H,1-2H3,(H,32,34). The van der Waals surface area contributed by atoms with E-state index in [0.717, 1.165) is 17.0 Å². The van der Waals surface area contributed by atoms with Crippen LogP contribution in [0.5, 0.6) is 11.5 Å². The molecule has 196 valence electrons. The highest BCUT2D eigenvalue weighted by atomic mass is 35.5. The number of rotatable bonds is 7. The lowest BCUT2D eigenvalue weighted by Gasteiger charge is -2.19. The van der Waals surface area contributed by atoms with Crippen molar-refractivity contribution in [1.29, 1.82) is 0 Å². The highest BCUT2D eigenvalue weighted by Crippen LogP contribution is 2.38. The first kappa shape index (κ1) is 26.6. The van der Waals surface area contributed by atoms with E-state index in [1.54, 1.807) is 6.07 Å². The summed E-state index contributed by atoms with van der Waals surface area (Å²) >= 11 is 6.21. The molecule has 0 unspecified atom stereocenters. The average Bonchev–Trinajstić information content (AvgIpc) is 3.10. The molecule has 2 N–H and O–H groups in total. The molecule has 38 heavy (non-hydrogen) atoms. The molecule has 0 radical (unpaired) electrons. The van der Waals surface area contributed by atoms with Crippen molar-refractivity contribution in [3.05, 3.63) is 88.6 Å². The first-order chi connectivity index (χ1) is 18.0. The van der Waals surface area contributed by atoms with Crippen LogP contribution in [0.3, 0.4) is 0 Å². The highest BCUT2D eigenvalue weighted by Gasteiger charge is 2.40. The molecule has 3 aromatic carbocycles. The molecule has 0 atom stereocenters. The second-order valence-electron chi connectivity index (χ2n) is 7.91. The predicted octanol–water partition coefficient (Wildman–Crippen LogP) is 5.41. The second-order valence-corrected chi connectivity index (χ2v) is 8.29. The van der Waals surface area contributed by atoms with Crippen LogP contribution in [-0.2, 0) is 15.8 Å². The summed E-state index contributed by atoms with van der Waals surface area (Å²) in [6, 6.07) is 14.6. The minimum absolute atomic E-state index is 0.0478. The van der Waals surface area contributed by atoms with Crippen molar-refractivity contribution < 1.29 is 37.0 Å². The number of benzene rings is 3. The van der Waals surface area contributed by atoms with E-state index >= 15 is 0 Å². The number of nitrogens with one attached hydrogen (secondary N) is 2. The molecule has 0 aromatic heterocycles. The van der Waals surface area contributed by atoms with Crippen molar-refractivity contribution in [3.63, 3.8) is 0 Å². The molecular formula is C26H19ClF3N3O5. The van der Waals surface area contributed by atoms with Gasteiger partial charge in [-0.05, 0) is 48.5 Å². The largest absolute Gasteiger partial charge is 0.497 e. The number of nitrogens with zero attached hydrogens (tertiary/aromatic N) is 1. The van der Waals surface area contributed by atoms with Crippen molar-refractivity contribution in [3.8, 4) is 11.5 Å². The Morgan fingerprint density at radius 2 is 1.61 bits per heavy atom. The first-order valence-corrected chi connectivity index (χ1v) is 11.3. The van der Waals surface area contributed by atoms with Crippen LogP contribution in [0.25, 0.3) is 0 Å². The summed E-state index contributed by atoms with van der Waals surface area (Å²) in [6.07, 6.45) is -4.56. The molecule has 0 aliphatic carbocycles. The van der Waals surface area contributed by atoms with Gasteiger partial charge in [0.05, 0.1) is 25.5 Å². The molecule has 1 aliphatic rings. The van der Waals surface area contributed by atoms with Gasteiger partial charge in [-0.3, -0.25) is 14.4 Å². The lowest BCUT2D eigenvalue weighted by molar-refractivity contribution is -0.137. The minimum atomic E-state index is -4.56. The number of alkyl halides is 3. The molecular weight excluding hydrogens is 527 g/mol. The van der Waals surface area contributed by atoms with Crippen molar-refractivity contribution in [2.75, 3.05) is 29.8 Å². The summed E-state index contributed by atoms with van der Waals surface area (Å²) in [7, 11) is 2.80. The number of halogens is 4. The number of methoxy groups -OCH3 is 2. The SMILES string of the molecule is COc1ccc(OC)c(N2C(=O)C(Cl)=C(Nc3cccc(C(=O)Nc4cccc(C(F)(F)F)c4)c3)C2=O)c1. The molecule has 1 heterocycles. The Morgan fingerprint density at radius 3 is 2.29 bits per heavy atom. The molecule has 0 saturated carbocycles. The van der Waals surface area contributed by atoms with Crippen LogP contribution in [0.15, 0.2) is 77.5 Å². The van der Waals surface area contributed by atoms with Gasteiger partial charge in [-0.15, -0.1) is 0 Å². The van der Waals surface area contributed by atoms with Gasteiger partial charge in [0.2, 0.25) is 0 Å². The molecule has 3 aromatic rings. The zero-order valence-corrected chi connectivity index (χ0v) is 20.6. The van der Waals surface area contributed by atoms with Crippen LogP contribution in [0.4, 0.5) is 30.2 Å². The summed E-state index contributed by atoms with van der Waals surface area (Å²) in [5.74, 6) is -1.66. The van der Waals surface area contributed by atoms with Crippen molar-refractivity contribution >= 4 is 46.4 Å². The Bertz CT molecular complexity index is 1470. The number of hydrogen-bond donors (Lipinski definition) is 2. The lowest BCUT2D eigenvalue weighted by atomic mass is 10.1. The van der Waals surface area contributed by atoms with Gasteiger partial charge in [-0.25, -0.2) is 4.90 Å². The van der Waals surface area contributed by atoms with Crippen molar-refractivity contribution in [1.82, 2.24) is 0 Å². The Labute approximate surface area is 219 Å². The molecule has 0 saturated heterocycles. The second kappa shape index (κ2) is 10.5. The maximum atomic E-state index is 13.2. The van der Waals surface area contributed by atoms with Gasteiger partial charge in [-0.2, -0.15) is 13.2 Å². The average molecular weight is 546 g/mol. The van der Waals surface area contributed by atoms with E-state index in [2.05, 4.69) is 10.6 Å². The van der Waals surface area contributed by atoms with Gasteiger partial charge in [0, 0.05) is 23.0 Å². The molecule has 4 rings (SSSR count). The van der Waals surface area contributed by atoms with E-state index in [1.165, 1.54) is 62.8 Å². The van der Waals surface area contributed by atoms with Gasteiger partial charge in [0.1, 0.15) is 22.2 Å². The molecule has 3 amide bonds. The highest BCUT2D eigenvalue weighted by molar-refractivity contribution is 6.53. The summed E-state index contributed by atoms with van der Waals surface area (Å²) in [4.78, 5) is 39.6. The summed E-state index contributed by atoms with van der Waals surface area (Å²) < 4.78 is 49.4. The third kappa shape index (κ3) is 5.28. The first-order valence-electron chi connectivity index (χ1n) is 10.9. The monoisotopic (exact) mass is 545 g/mol. The fourth-order valence-electron chi connectivity index (χ4n) is 3.66. The normalized spacial score (nSPS) is 13.6. The summed E-state index contributed by atoms with van der Waals surface area (Å²) in [5.41, 5.74) is -0.770. The fourth-order valence-corrected chi connectivity index (χ4v) is 3.87. The third-order valence-corrected chi connectivity index (χ3v) is 5.85. The number of anilines is 3. The van der Waals surface area contributed by atoms with Crippen LogP contribution in [-0.4, -0.2) is 31.9 Å². The molecule has 0 bridgehead atoms. The summed E-state index contributed by atoms with van der Waals surface area (Å²) in [5, 5.41) is 4.78. The van der Waals surface area contributed by atoms with Gasteiger partial charge >= 0.3 is 6.18 Å². The van der Waals surface area contributed by atoms with Gasteiger partial charge in [0.25, 0.3) is 17.7 Å². The number of amides is 3. The number of imide groups is 1. The van der Waals surface area contributed by atoms with E-state index in [-0.39, 0.29) is 34.1 Å². The maximum Gasteiger partial charge on any atom is 0.416 e. The van der Waals surface area contributed by atoms with Crippen molar-refractivity contribution in [2.45, 2.75) is 6.18 Å². The van der Waals surface area contributed by atoms with Crippen LogP contribution >= 0.6 is 11.6 Å². The van der Waals surface area contributed by atoms with Crippen LogP contribution in [0, 0.1) is 0 Å². The molecule has 0 fully saturated rings. The van der Waals surface area contributed by atoms with Crippen molar-refractivity contribution in [2.24, 2.45) is 0 Å². The fraction of sp³-hybridized carbons (Fsp3) is 0.115. The zero-order valence-electron chi connectivity index (χ0n) is 19.9. The Balaban J connectivity index is 1.56. The van der Waals surface area contributed by atoms with E-state index in [9.17, 15) is 27.6 Å². The number of hydrogen-bond acceptors (Lipinski definition) is 6. The summed E-state index contributed by atoms with van der Waals surface area (Å²) in [6.45, 7) is 0. The molecule has 1 aliphatic heterocycles. The van der Waals surface area contributed by atoms with Crippen LogP contribution in [0.1, 0.15) is 15.9 Å². The van der Waals surface area contributed by atoms with E-state index in [0.29, 0.717) is 5.75 Å². The number of carbonyl (C=O) groups excluding carboxylic acids is 3. The minimum Gasteiger partial charge on any atom is -0.497 e. The molecule has 12 heteroatoms. The molecule has 8 nitrogen and oxygen atoms in total. The topological polar surface area (TPSA) is 97.0 Å². The van der Waals surface area contributed by atoms with Gasteiger partial charge < -0.3 is 20.1 Å². The van der Waals surface area contributed by atoms with E-state index in [4.69, 9.17) is 21.1 Å². The number of carbonyl (C=O) groups is 3. The maximum absolute atomic E-state index is 13.2. The third-order valence-electron chi connectivity index (χ3n) is 5.50. The van der Waals surface area contributed by atoms with Gasteiger partial charge in [-0.1, -0.05) is 23.7 Å². The zero-order chi connectivity index (χ0) is 27.6. The number of ether oxygens (including phenoxy) is 2. The Kier molecular flexibility index (Phi) is 7.31. The Morgan fingerprint density at radius 1 is 0.895 bits per heavy atom. The van der Waals surface area contributed by atoms with Crippen LogP contribution < -0.4 is 25.0 Å². The Hall–Kier alpha value is -4.51. The molecule has 0 spiro atoms. The smallest absolute Gasteiger partial charge is 0.416 e. The van der Waals surface area contributed by atoms with Crippen LogP contribution in [0.2, 0.25) is 0 Å². The quantitative estimate of drug-likeness (QED) is 0.385. The van der Waals surface area contributed by atoms with E-state index in [1.807, 2.05) is 0 Å². The predicted molar refractivity (Wildman–Crippen MR) is 134 cm³/mol. The van der Waals surface area contributed by atoms with Gasteiger partial charge in [0.15, 0.2) is 0 Å². The lowest BCUT2D eigenvalue weighted by Crippen LogP contribution is -2.32.